The third kappa shape index (κ3) is 4.54. The van der Waals surface area contributed by atoms with Crippen LogP contribution < -0.4 is 5.56 Å². The van der Waals surface area contributed by atoms with Gasteiger partial charge in [-0.1, -0.05) is 49.9 Å². The molecule has 1 saturated heterocycles. The number of rotatable bonds is 5. The van der Waals surface area contributed by atoms with E-state index >= 15 is 0 Å². The van der Waals surface area contributed by atoms with Crippen LogP contribution in [0.15, 0.2) is 58.5 Å². The Balaban J connectivity index is 1.71. The zero-order valence-electron chi connectivity index (χ0n) is 18.4. The minimum atomic E-state index is -0.317. The third-order valence-electron chi connectivity index (χ3n) is 6.07. The highest BCUT2D eigenvalue weighted by molar-refractivity contribution is 8.00. The lowest BCUT2D eigenvalue weighted by Crippen LogP contribution is -2.42. The number of nitrogens with zero attached hydrogens (tertiary/aromatic N) is 3. The Morgan fingerprint density at radius 3 is 2.48 bits per heavy atom. The highest BCUT2D eigenvalue weighted by Gasteiger charge is 2.27. The van der Waals surface area contributed by atoms with Gasteiger partial charge in [-0.15, -0.1) is 0 Å². The van der Waals surface area contributed by atoms with Gasteiger partial charge in [-0.25, -0.2) is 4.98 Å². The first-order valence-electron chi connectivity index (χ1n) is 11.0. The fraction of sp³-hybridized carbons (Fsp3) is 0.400. The number of hydrogen-bond donors (Lipinski definition) is 0. The number of carbonyl (C=O) groups is 1. The Bertz CT molecular complexity index is 1130. The summed E-state index contributed by atoms with van der Waals surface area (Å²) < 4.78 is 1.65. The van der Waals surface area contributed by atoms with Gasteiger partial charge in [0.2, 0.25) is 5.91 Å². The molecule has 5 nitrogen and oxygen atoms in total. The fourth-order valence-electron chi connectivity index (χ4n) is 3.99. The molecule has 2 heterocycles. The lowest BCUT2D eigenvalue weighted by Gasteiger charge is -2.32. The van der Waals surface area contributed by atoms with Crippen molar-refractivity contribution in [2.45, 2.75) is 50.4 Å². The van der Waals surface area contributed by atoms with E-state index in [1.54, 1.807) is 10.6 Å². The van der Waals surface area contributed by atoms with Crippen LogP contribution in [0.25, 0.3) is 16.6 Å². The van der Waals surface area contributed by atoms with Crippen LogP contribution >= 0.6 is 11.8 Å². The molecule has 1 unspecified atom stereocenters. The summed E-state index contributed by atoms with van der Waals surface area (Å²) in [5.74, 6) is 0.789. The number of fused-ring (bicyclic) bond motifs is 1. The SMILES string of the molecule is CCc1ccc(-n2c(SC(C)C(=O)N3CCC(C)CC3)nc3ccccc3c2=O)cc1. The number of benzene rings is 2. The highest BCUT2D eigenvalue weighted by atomic mass is 32.2. The van der Waals surface area contributed by atoms with Crippen molar-refractivity contribution < 1.29 is 4.79 Å². The van der Waals surface area contributed by atoms with E-state index in [1.807, 2.05) is 54.3 Å². The van der Waals surface area contributed by atoms with Gasteiger partial charge >= 0.3 is 0 Å². The van der Waals surface area contributed by atoms with Crippen LogP contribution in [0.4, 0.5) is 0 Å². The highest BCUT2D eigenvalue weighted by Crippen LogP contribution is 2.27. The van der Waals surface area contributed by atoms with Crippen LogP contribution in [0.3, 0.4) is 0 Å². The second-order valence-corrected chi connectivity index (χ2v) is 9.65. The average molecular weight is 436 g/mol. The van der Waals surface area contributed by atoms with E-state index in [2.05, 4.69) is 13.8 Å². The van der Waals surface area contributed by atoms with Crippen LogP contribution in [0.5, 0.6) is 0 Å². The summed E-state index contributed by atoms with van der Waals surface area (Å²) in [5, 5.41) is 0.817. The summed E-state index contributed by atoms with van der Waals surface area (Å²) in [6.07, 6.45) is 3.03. The van der Waals surface area contributed by atoms with Gasteiger partial charge in [0, 0.05) is 13.1 Å². The molecule has 1 aromatic heterocycles. The van der Waals surface area contributed by atoms with Crippen LogP contribution in [0.2, 0.25) is 0 Å². The van der Waals surface area contributed by atoms with E-state index in [9.17, 15) is 9.59 Å². The third-order valence-corrected chi connectivity index (χ3v) is 7.11. The standard InChI is InChI=1S/C25H29N3O2S/c1-4-19-9-11-20(12-10-19)28-24(30)21-7-5-6-8-22(21)26-25(28)31-18(3)23(29)27-15-13-17(2)14-16-27/h5-12,17-18H,4,13-16H2,1-3H3. The zero-order chi connectivity index (χ0) is 22.0. The zero-order valence-corrected chi connectivity index (χ0v) is 19.2. The molecule has 0 radical (unpaired) electrons. The number of aromatic nitrogens is 2. The van der Waals surface area contributed by atoms with E-state index in [1.165, 1.54) is 17.3 Å². The summed E-state index contributed by atoms with van der Waals surface area (Å²) in [4.78, 5) is 33.2. The van der Waals surface area contributed by atoms with Crippen molar-refractivity contribution in [1.82, 2.24) is 14.5 Å². The Labute approximate surface area is 187 Å². The molecule has 0 spiro atoms. The molecule has 1 atom stereocenters. The van der Waals surface area contributed by atoms with Crippen LogP contribution in [0.1, 0.15) is 39.2 Å². The molecule has 0 N–H and O–H groups in total. The molecule has 31 heavy (non-hydrogen) atoms. The molecular formula is C25H29N3O2S. The predicted molar refractivity (Wildman–Crippen MR) is 127 cm³/mol. The Morgan fingerprint density at radius 2 is 1.81 bits per heavy atom. The smallest absolute Gasteiger partial charge is 0.266 e. The van der Waals surface area contributed by atoms with Crippen molar-refractivity contribution in [3.05, 3.63) is 64.4 Å². The molecule has 162 valence electrons. The van der Waals surface area contributed by atoms with Gasteiger partial charge < -0.3 is 4.90 Å². The summed E-state index contributed by atoms with van der Waals surface area (Å²) >= 11 is 1.37. The summed E-state index contributed by atoms with van der Waals surface area (Å²) in [7, 11) is 0. The average Bonchev–Trinajstić information content (AvgIpc) is 2.79. The van der Waals surface area contributed by atoms with Crippen molar-refractivity contribution in [2.24, 2.45) is 5.92 Å². The van der Waals surface area contributed by atoms with Crippen molar-refractivity contribution in [3.8, 4) is 5.69 Å². The molecule has 1 aliphatic rings. The van der Waals surface area contributed by atoms with Gasteiger partial charge in [0.1, 0.15) is 0 Å². The second-order valence-electron chi connectivity index (χ2n) is 8.34. The molecule has 0 saturated carbocycles. The van der Waals surface area contributed by atoms with Crippen molar-refractivity contribution in [2.75, 3.05) is 13.1 Å². The van der Waals surface area contributed by atoms with Crippen molar-refractivity contribution in [1.29, 1.82) is 0 Å². The van der Waals surface area contributed by atoms with Crippen LogP contribution in [-0.4, -0.2) is 38.7 Å². The van der Waals surface area contributed by atoms with Gasteiger partial charge in [0.25, 0.3) is 5.56 Å². The minimum absolute atomic E-state index is 0.108. The summed E-state index contributed by atoms with van der Waals surface area (Å²) in [6.45, 7) is 7.87. The lowest BCUT2D eigenvalue weighted by molar-refractivity contribution is -0.131. The first-order chi connectivity index (χ1) is 15.0. The molecule has 6 heteroatoms. The maximum atomic E-state index is 13.4. The topological polar surface area (TPSA) is 55.2 Å². The van der Waals surface area contributed by atoms with E-state index in [-0.39, 0.29) is 16.7 Å². The molecule has 1 fully saturated rings. The van der Waals surface area contributed by atoms with E-state index < -0.39 is 0 Å². The maximum Gasteiger partial charge on any atom is 0.266 e. The van der Waals surface area contributed by atoms with Crippen LogP contribution in [-0.2, 0) is 11.2 Å². The summed E-state index contributed by atoms with van der Waals surface area (Å²) in [5.41, 5.74) is 2.53. The number of likely N-dealkylation sites (tertiary alicyclic amines) is 1. The monoisotopic (exact) mass is 435 g/mol. The first-order valence-corrected chi connectivity index (χ1v) is 11.9. The number of piperidine rings is 1. The Kier molecular flexibility index (Phi) is 6.46. The van der Waals surface area contributed by atoms with Gasteiger partial charge in [-0.3, -0.25) is 14.2 Å². The van der Waals surface area contributed by atoms with Crippen molar-refractivity contribution in [3.63, 3.8) is 0 Å². The largest absolute Gasteiger partial charge is 0.342 e. The first kappa shape index (κ1) is 21.6. The van der Waals surface area contributed by atoms with E-state index in [0.29, 0.717) is 22.0 Å². The summed E-state index contributed by atoms with van der Waals surface area (Å²) in [6, 6.07) is 15.4. The second kappa shape index (κ2) is 9.27. The number of hydrogen-bond acceptors (Lipinski definition) is 4. The van der Waals surface area contributed by atoms with Gasteiger partial charge in [0.05, 0.1) is 21.8 Å². The van der Waals surface area contributed by atoms with Crippen LogP contribution in [0, 0.1) is 5.92 Å². The molecule has 3 aromatic rings. The van der Waals surface area contributed by atoms with Crippen molar-refractivity contribution >= 4 is 28.6 Å². The van der Waals surface area contributed by atoms with Gasteiger partial charge in [0.15, 0.2) is 5.16 Å². The van der Waals surface area contributed by atoms with E-state index in [4.69, 9.17) is 4.98 Å². The minimum Gasteiger partial charge on any atom is -0.342 e. The maximum absolute atomic E-state index is 13.4. The molecule has 1 amide bonds. The Morgan fingerprint density at radius 1 is 1.13 bits per heavy atom. The number of thioether (sulfide) groups is 1. The number of aryl methyl sites for hydroxylation is 1. The molecule has 0 aliphatic carbocycles. The quantitative estimate of drug-likeness (QED) is 0.431. The fourth-order valence-corrected chi connectivity index (χ4v) is 5.01. The van der Waals surface area contributed by atoms with E-state index in [0.717, 1.165) is 38.0 Å². The molecule has 0 bridgehead atoms. The normalized spacial score (nSPS) is 15.9. The number of para-hydroxylation sites is 1. The van der Waals surface area contributed by atoms with Gasteiger partial charge in [-0.05, 0) is 61.9 Å². The molecule has 1 aliphatic heterocycles. The number of amides is 1. The van der Waals surface area contributed by atoms with Gasteiger partial charge in [-0.2, -0.15) is 0 Å². The Hall–Kier alpha value is -2.60. The molecule has 4 rings (SSSR count). The predicted octanol–water partition coefficient (Wildman–Crippen LogP) is 4.69. The lowest BCUT2D eigenvalue weighted by atomic mass is 9.99. The molecular weight excluding hydrogens is 406 g/mol. The molecule has 2 aromatic carbocycles. The number of carbonyl (C=O) groups excluding carboxylic acids is 1.